The van der Waals surface area contributed by atoms with Gasteiger partial charge >= 0.3 is 0 Å². The maximum absolute atomic E-state index is 6.40. The highest BCUT2D eigenvalue weighted by molar-refractivity contribution is 5.20. The van der Waals surface area contributed by atoms with Crippen LogP contribution in [0.2, 0.25) is 0 Å². The number of morpholine rings is 1. The molecule has 3 nitrogen and oxygen atoms in total. The smallest absolute Gasteiger partial charge is 0.0707 e. The molecule has 2 fully saturated rings. The minimum absolute atomic E-state index is 0.0868. The zero-order valence-corrected chi connectivity index (χ0v) is 11.0. The SMILES string of the molecule is CC(C(N)c1ccccc1)N1CC2CCC(C1)O2. The number of nitrogens with zero attached hydrogens (tertiary/aromatic N) is 1. The molecule has 3 rings (SSSR count). The minimum Gasteiger partial charge on any atom is -0.372 e. The van der Waals surface area contributed by atoms with Crippen molar-refractivity contribution in [2.75, 3.05) is 13.1 Å². The van der Waals surface area contributed by atoms with Crippen LogP contribution >= 0.6 is 0 Å². The zero-order chi connectivity index (χ0) is 12.5. The normalized spacial score (nSPS) is 31.2. The Morgan fingerprint density at radius 1 is 1.17 bits per heavy atom. The first-order chi connectivity index (χ1) is 8.74. The number of likely N-dealkylation sites (tertiary alicyclic amines) is 1. The molecular weight excluding hydrogens is 224 g/mol. The predicted octanol–water partition coefficient (Wildman–Crippen LogP) is 1.94. The van der Waals surface area contributed by atoms with E-state index in [0.29, 0.717) is 18.2 Å². The fraction of sp³-hybridized carbons (Fsp3) is 0.600. The van der Waals surface area contributed by atoms with Gasteiger partial charge in [0.05, 0.1) is 12.2 Å². The Labute approximate surface area is 109 Å². The lowest BCUT2D eigenvalue weighted by Gasteiger charge is -2.38. The molecule has 0 amide bonds. The second-order valence-corrected chi connectivity index (χ2v) is 5.59. The summed E-state index contributed by atoms with van der Waals surface area (Å²) in [6.07, 6.45) is 3.31. The van der Waals surface area contributed by atoms with E-state index in [-0.39, 0.29) is 6.04 Å². The number of ether oxygens (including phenoxy) is 1. The van der Waals surface area contributed by atoms with Crippen molar-refractivity contribution < 1.29 is 4.74 Å². The molecule has 4 atom stereocenters. The second-order valence-electron chi connectivity index (χ2n) is 5.59. The topological polar surface area (TPSA) is 38.5 Å². The summed E-state index contributed by atoms with van der Waals surface area (Å²) < 4.78 is 5.88. The van der Waals surface area contributed by atoms with E-state index in [1.54, 1.807) is 0 Å². The second kappa shape index (κ2) is 5.00. The molecule has 98 valence electrons. The molecule has 2 saturated heterocycles. The van der Waals surface area contributed by atoms with Gasteiger partial charge in [0.1, 0.15) is 0 Å². The summed E-state index contributed by atoms with van der Waals surface area (Å²) in [7, 11) is 0. The van der Waals surface area contributed by atoms with Crippen molar-refractivity contribution in [3.63, 3.8) is 0 Å². The standard InChI is InChI=1S/C15H22N2O/c1-11(15(16)12-5-3-2-4-6-12)17-9-13-7-8-14(10-17)18-13/h2-6,11,13-15H,7-10,16H2,1H3. The molecule has 2 heterocycles. The van der Waals surface area contributed by atoms with Gasteiger partial charge in [-0.05, 0) is 25.3 Å². The van der Waals surface area contributed by atoms with Crippen molar-refractivity contribution in [3.05, 3.63) is 35.9 Å². The van der Waals surface area contributed by atoms with Gasteiger partial charge in [0, 0.05) is 25.2 Å². The van der Waals surface area contributed by atoms with Gasteiger partial charge in [0.25, 0.3) is 0 Å². The summed E-state index contributed by atoms with van der Waals surface area (Å²) in [5.41, 5.74) is 7.62. The Morgan fingerprint density at radius 2 is 1.78 bits per heavy atom. The number of hydrogen-bond acceptors (Lipinski definition) is 3. The molecule has 0 saturated carbocycles. The fourth-order valence-electron chi connectivity index (χ4n) is 3.16. The van der Waals surface area contributed by atoms with Gasteiger partial charge in [-0.2, -0.15) is 0 Å². The summed E-state index contributed by atoms with van der Waals surface area (Å²) in [4.78, 5) is 2.50. The third-order valence-electron chi connectivity index (χ3n) is 4.35. The van der Waals surface area contributed by atoms with E-state index in [1.807, 2.05) is 6.07 Å². The third-order valence-corrected chi connectivity index (χ3v) is 4.35. The Bertz CT molecular complexity index is 383. The van der Waals surface area contributed by atoms with Crippen LogP contribution in [0.1, 0.15) is 31.4 Å². The Morgan fingerprint density at radius 3 is 2.39 bits per heavy atom. The van der Waals surface area contributed by atoms with Gasteiger partial charge < -0.3 is 10.5 Å². The number of benzene rings is 1. The quantitative estimate of drug-likeness (QED) is 0.886. The van der Waals surface area contributed by atoms with Crippen molar-refractivity contribution in [1.82, 2.24) is 4.90 Å². The van der Waals surface area contributed by atoms with Gasteiger partial charge in [-0.1, -0.05) is 30.3 Å². The number of rotatable bonds is 3. The molecule has 2 aliphatic heterocycles. The highest BCUT2D eigenvalue weighted by atomic mass is 16.5. The van der Waals surface area contributed by atoms with E-state index in [9.17, 15) is 0 Å². The van der Waals surface area contributed by atoms with E-state index < -0.39 is 0 Å². The van der Waals surface area contributed by atoms with Gasteiger partial charge in [-0.25, -0.2) is 0 Å². The zero-order valence-electron chi connectivity index (χ0n) is 11.0. The Kier molecular flexibility index (Phi) is 3.37. The lowest BCUT2D eigenvalue weighted by atomic mass is 9.99. The lowest BCUT2D eigenvalue weighted by Crippen LogP contribution is -2.50. The van der Waals surface area contributed by atoms with Crippen LogP contribution in [-0.4, -0.2) is 36.2 Å². The van der Waals surface area contributed by atoms with Crippen LogP contribution in [0.25, 0.3) is 0 Å². The number of nitrogens with two attached hydrogens (primary N) is 1. The predicted molar refractivity (Wildman–Crippen MR) is 72.3 cm³/mol. The van der Waals surface area contributed by atoms with Crippen LogP contribution in [0, 0.1) is 0 Å². The average Bonchev–Trinajstić information content (AvgIpc) is 2.77. The van der Waals surface area contributed by atoms with Crippen molar-refractivity contribution >= 4 is 0 Å². The highest BCUT2D eigenvalue weighted by Gasteiger charge is 2.36. The average molecular weight is 246 g/mol. The first-order valence-corrected chi connectivity index (χ1v) is 6.94. The first kappa shape index (κ1) is 12.2. The Balaban J connectivity index is 1.69. The largest absolute Gasteiger partial charge is 0.372 e. The molecule has 3 heteroatoms. The van der Waals surface area contributed by atoms with Gasteiger partial charge in [-0.3, -0.25) is 4.90 Å². The van der Waals surface area contributed by atoms with Crippen LogP contribution in [0.3, 0.4) is 0 Å². The molecule has 18 heavy (non-hydrogen) atoms. The monoisotopic (exact) mass is 246 g/mol. The van der Waals surface area contributed by atoms with E-state index in [1.165, 1.54) is 18.4 Å². The molecule has 0 radical (unpaired) electrons. The summed E-state index contributed by atoms with van der Waals surface area (Å²) >= 11 is 0. The fourth-order valence-corrected chi connectivity index (χ4v) is 3.16. The van der Waals surface area contributed by atoms with Crippen molar-refractivity contribution in [3.8, 4) is 0 Å². The number of fused-ring (bicyclic) bond motifs is 2. The molecule has 4 unspecified atom stereocenters. The number of hydrogen-bond donors (Lipinski definition) is 1. The summed E-state index contributed by atoms with van der Waals surface area (Å²) in [6.45, 7) is 4.32. The summed E-state index contributed by atoms with van der Waals surface area (Å²) in [6, 6.07) is 10.9. The van der Waals surface area contributed by atoms with E-state index in [0.717, 1.165) is 13.1 Å². The maximum Gasteiger partial charge on any atom is 0.0707 e. The van der Waals surface area contributed by atoms with Crippen LogP contribution < -0.4 is 5.73 Å². The molecule has 0 aromatic heterocycles. The van der Waals surface area contributed by atoms with Crippen LogP contribution in [0.15, 0.2) is 30.3 Å². The van der Waals surface area contributed by atoms with Crippen molar-refractivity contribution in [2.45, 2.75) is 44.1 Å². The van der Waals surface area contributed by atoms with E-state index in [4.69, 9.17) is 10.5 Å². The van der Waals surface area contributed by atoms with Gasteiger partial charge in [0.15, 0.2) is 0 Å². The molecule has 0 spiro atoms. The highest BCUT2D eigenvalue weighted by Crippen LogP contribution is 2.29. The van der Waals surface area contributed by atoms with Crippen molar-refractivity contribution in [2.24, 2.45) is 5.73 Å². The van der Waals surface area contributed by atoms with Gasteiger partial charge in [-0.15, -0.1) is 0 Å². The summed E-state index contributed by atoms with van der Waals surface area (Å²) in [5, 5.41) is 0. The molecule has 1 aromatic rings. The van der Waals surface area contributed by atoms with Crippen LogP contribution in [-0.2, 0) is 4.74 Å². The van der Waals surface area contributed by atoms with Gasteiger partial charge in [0.2, 0.25) is 0 Å². The lowest BCUT2D eigenvalue weighted by molar-refractivity contribution is -0.0535. The van der Waals surface area contributed by atoms with E-state index in [2.05, 4.69) is 36.1 Å². The molecule has 1 aromatic carbocycles. The van der Waals surface area contributed by atoms with Crippen LogP contribution in [0.5, 0.6) is 0 Å². The van der Waals surface area contributed by atoms with E-state index >= 15 is 0 Å². The molecule has 2 N–H and O–H groups in total. The first-order valence-electron chi connectivity index (χ1n) is 6.94. The Hall–Kier alpha value is -0.900. The molecular formula is C15H22N2O. The van der Waals surface area contributed by atoms with Crippen LogP contribution in [0.4, 0.5) is 0 Å². The third kappa shape index (κ3) is 2.30. The maximum atomic E-state index is 6.40. The molecule has 2 aliphatic rings. The summed E-state index contributed by atoms with van der Waals surface area (Å²) in [5.74, 6) is 0. The molecule has 2 bridgehead atoms. The molecule has 0 aliphatic carbocycles. The minimum atomic E-state index is 0.0868. The van der Waals surface area contributed by atoms with Crippen molar-refractivity contribution in [1.29, 1.82) is 0 Å².